The van der Waals surface area contributed by atoms with E-state index >= 15 is 0 Å². The molecule has 6 heterocycles. The minimum atomic E-state index is -0.304. The lowest BCUT2D eigenvalue weighted by molar-refractivity contribution is -0.0111. The van der Waals surface area contributed by atoms with Crippen LogP contribution in [0, 0.1) is 23.2 Å². The van der Waals surface area contributed by atoms with Gasteiger partial charge in [-0.1, -0.05) is 11.6 Å². The maximum Gasteiger partial charge on any atom is 0.271 e. The lowest BCUT2D eigenvalue weighted by Crippen LogP contribution is -2.45. The van der Waals surface area contributed by atoms with Gasteiger partial charge in [0.15, 0.2) is 0 Å². The van der Waals surface area contributed by atoms with Crippen LogP contribution in [-0.4, -0.2) is 63.4 Å². The molecule has 0 bridgehead atoms. The fourth-order valence-electron chi connectivity index (χ4n) is 7.16. The zero-order valence-electron chi connectivity index (χ0n) is 24.6. The van der Waals surface area contributed by atoms with Crippen molar-refractivity contribution in [2.24, 2.45) is 11.8 Å². The van der Waals surface area contributed by atoms with E-state index in [9.17, 15) is 10.1 Å². The third-order valence-corrected chi connectivity index (χ3v) is 9.50. The molecule has 2 saturated heterocycles. The highest BCUT2D eigenvalue weighted by molar-refractivity contribution is 6.33. The van der Waals surface area contributed by atoms with Gasteiger partial charge in [-0.25, -0.2) is 14.5 Å². The van der Waals surface area contributed by atoms with E-state index in [2.05, 4.69) is 39.4 Å². The van der Waals surface area contributed by atoms with Crippen LogP contribution >= 0.6 is 11.6 Å². The van der Waals surface area contributed by atoms with Gasteiger partial charge in [0.05, 0.1) is 34.6 Å². The molecule has 1 aliphatic carbocycles. The minimum absolute atomic E-state index is 0.0876. The van der Waals surface area contributed by atoms with Crippen LogP contribution in [0.1, 0.15) is 55.1 Å². The molecule has 1 saturated carbocycles. The van der Waals surface area contributed by atoms with Crippen LogP contribution in [0.3, 0.4) is 0 Å². The molecule has 3 fully saturated rings. The summed E-state index contributed by atoms with van der Waals surface area (Å²) in [5.74, 6) is 2.27. The van der Waals surface area contributed by atoms with E-state index in [0.29, 0.717) is 34.8 Å². The van der Waals surface area contributed by atoms with Gasteiger partial charge in [-0.2, -0.15) is 10.4 Å². The molecular weight excluding hydrogens is 578 g/mol. The first-order valence-electron chi connectivity index (χ1n) is 15.2. The fourth-order valence-corrected chi connectivity index (χ4v) is 7.36. The van der Waals surface area contributed by atoms with Crippen molar-refractivity contribution in [3.63, 3.8) is 0 Å². The number of ether oxygens (including phenoxy) is 2. The molecule has 0 radical (unpaired) electrons. The topological polar surface area (TPSA) is 118 Å². The number of fused-ring (bicyclic) bond motifs is 2. The van der Waals surface area contributed by atoms with E-state index in [4.69, 9.17) is 26.1 Å². The summed E-state index contributed by atoms with van der Waals surface area (Å²) in [4.78, 5) is 24.3. The smallest absolute Gasteiger partial charge is 0.271 e. The Balaban J connectivity index is 1.05. The summed E-state index contributed by atoms with van der Waals surface area (Å²) in [6.45, 7) is 5.13. The molecule has 1 N–H and O–H groups in total. The van der Waals surface area contributed by atoms with Crippen molar-refractivity contribution in [3.05, 3.63) is 71.4 Å². The summed E-state index contributed by atoms with van der Waals surface area (Å²) >= 11 is 6.21. The molecule has 0 spiro atoms. The summed E-state index contributed by atoms with van der Waals surface area (Å²) in [5.41, 5.74) is 2.92. The van der Waals surface area contributed by atoms with Gasteiger partial charge < -0.3 is 19.7 Å². The predicted octanol–water partition coefficient (Wildman–Crippen LogP) is 5.30. The zero-order valence-corrected chi connectivity index (χ0v) is 25.3. The van der Waals surface area contributed by atoms with Gasteiger partial charge in [0, 0.05) is 48.8 Å². The van der Waals surface area contributed by atoms with Crippen LogP contribution in [0.25, 0.3) is 16.6 Å². The Morgan fingerprint density at radius 1 is 1.20 bits per heavy atom. The number of carbonyl (C=O) groups is 1. The number of nitriles is 1. The maximum absolute atomic E-state index is 12.9. The monoisotopic (exact) mass is 611 g/mol. The second-order valence-electron chi connectivity index (χ2n) is 12.4. The summed E-state index contributed by atoms with van der Waals surface area (Å²) < 4.78 is 13.7. The Morgan fingerprint density at radius 3 is 2.75 bits per heavy atom. The van der Waals surface area contributed by atoms with E-state index in [1.54, 1.807) is 29.0 Å². The number of pyridine rings is 3. The first-order valence-corrected chi connectivity index (χ1v) is 15.6. The summed E-state index contributed by atoms with van der Waals surface area (Å²) in [5, 5.41) is 17.7. The first kappa shape index (κ1) is 28.6. The molecule has 4 aromatic heterocycles. The number of anilines is 1. The van der Waals surface area contributed by atoms with Gasteiger partial charge in [-0.15, -0.1) is 0 Å². The van der Waals surface area contributed by atoms with Gasteiger partial charge in [0.25, 0.3) is 5.91 Å². The van der Waals surface area contributed by atoms with Gasteiger partial charge in [0.1, 0.15) is 29.9 Å². The Labute approximate surface area is 261 Å². The fraction of sp³-hybridized carbons (Fsp3) is 0.424. The van der Waals surface area contributed by atoms with Crippen molar-refractivity contribution >= 4 is 28.8 Å². The van der Waals surface area contributed by atoms with Crippen molar-refractivity contribution in [1.29, 1.82) is 5.26 Å². The lowest BCUT2D eigenvalue weighted by Gasteiger charge is -2.28. The predicted molar refractivity (Wildman–Crippen MR) is 166 cm³/mol. The molecule has 2 aliphatic heterocycles. The molecule has 226 valence electrons. The SMILES string of the molecule is CC1(NC(=O)c2ncccc2Cl)C[C@H]2CN(c3ccc(-c4cc(OCC5CCCCO5)cn5ncc(C#N)c45)cn3)C[C@H]2C1. The molecular formula is C33H34ClN7O3. The molecule has 1 amide bonds. The number of rotatable bonds is 7. The third-order valence-electron chi connectivity index (χ3n) is 9.19. The molecule has 4 atom stereocenters. The van der Waals surface area contributed by atoms with Crippen LogP contribution in [0.2, 0.25) is 5.02 Å². The number of amides is 1. The maximum atomic E-state index is 12.9. The molecule has 7 rings (SSSR count). The lowest BCUT2D eigenvalue weighted by atomic mass is 9.97. The standard InChI is InChI=1S/C33H34ClN7O3/c1-33(39-32(42)30-28(34)6-4-9-36-30)12-22-17-40(18-23(22)13-33)29-8-7-21(15-37-29)27-11-26(44-20-25-5-2-3-10-43-25)19-41-31(27)24(14-35)16-38-41/h4,6-9,11,15-16,19,22-23,25H,2-3,5,10,12-13,17-18,20H2,1H3,(H,39,42)/t22-,23+,25?,33?. The highest BCUT2D eigenvalue weighted by Crippen LogP contribution is 2.45. The minimum Gasteiger partial charge on any atom is -0.489 e. The number of carbonyl (C=O) groups excluding carboxylic acids is 1. The van der Waals surface area contributed by atoms with Crippen LogP contribution in [0.4, 0.5) is 5.82 Å². The normalized spacial score (nSPS) is 24.7. The highest BCUT2D eigenvalue weighted by Gasteiger charge is 2.47. The van der Waals surface area contributed by atoms with E-state index < -0.39 is 0 Å². The summed E-state index contributed by atoms with van der Waals surface area (Å²) in [7, 11) is 0. The van der Waals surface area contributed by atoms with Gasteiger partial charge in [-0.05, 0) is 81.2 Å². The van der Waals surface area contributed by atoms with Crippen molar-refractivity contribution in [2.75, 3.05) is 31.2 Å². The third kappa shape index (κ3) is 5.58. The van der Waals surface area contributed by atoms with E-state index in [0.717, 1.165) is 74.3 Å². The van der Waals surface area contributed by atoms with Gasteiger partial charge in [0.2, 0.25) is 0 Å². The zero-order chi connectivity index (χ0) is 30.3. The number of hydrogen-bond donors (Lipinski definition) is 1. The van der Waals surface area contributed by atoms with Crippen molar-refractivity contribution in [2.45, 2.75) is 50.7 Å². The molecule has 3 aliphatic rings. The second kappa shape index (κ2) is 11.7. The first-order chi connectivity index (χ1) is 21.4. The molecule has 0 aromatic carbocycles. The Bertz CT molecular complexity index is 1710. The van der Waals surface area contributed by atoms with Crippen LogP contribution < -0.4 is 15.0 Å². The van der Waals surface area contributed by atoms with Crippen molar-refractivity contribution < 1.29 is 14.3 Å². The number of hydrogen-bond acceptors (Lipinski definition) is 8. The van der Waals surface area contributed by atoms with E-state index in [1.165, 1.54) is 0 Å². The van der Waals surface area contributed by atoms with Crippen molar-refractivity contribution in [3.8, 4) is 22.9 Å². The Hall–Kier alpha value is -4.20. The van der Waals surface area contributed by atoms with Gasteiger partial charge in [-0.3, -0.25) is 4.79 Å². The number of halogens is 1. The number of nitrogens with one attached hydrogen (secondary N) is 1. The Morgan fingerprint density at radius 2 is 2.05 bits per heavy atom. The molecule has 44 heavy (non-hydrogen) atoms. The molecule has 4 aromatic rings. The average Bonchev–Trinajstić information content (AvgIpc) is 3.71. The number of nitrogens with zero attached hydrogens (tertiary/aromatic N) is 6. The second-order valence-corrected chi connectivity index (χ2v) is 12.8. The highest BCUT2D eigenvalue weighted by atomic mass is 35.5. The summed E-state index contributed by atoms with van der Waals surface area (Å²) in [6.07, 6.45) is 11.9. The summed E-state index contributed by atoms with van der Waals surface area (Å²) in [6, 6.07) is 11.7. The van der Waals surface area contributed by atoms with E-state index in [-0.39, 0.29) is 23.2 Å². The van der Waals surface area contributed by atoms with E-state index in [1.807, 2.05) is 24.5 Å². The van der Waals surface area contributed by atoms with Crippen LogP contribution in [-0.2, 0) is 4.74 Å². The number of aromatic nitrogens is 4. The molecule has 11 heteroatoms. The van der Waals surface area contributed by atoms with Crippen LogP contribution in [0.15, 0.2) is 55.1 Å². The van der Waals surface area contributed by atoms with Crippen molar-refractivity contribution in [1.82, 2.24) is 24.9 Å². The molecule has 10 nitrogen and oxygen atoms in total. The Kier molecular flexibility index (Phi) is 7.60. The quantitative estimate of drug-likeness (QED) is 0.299. The average molecular weight is 612 g/mol. The largest absolute Gasteiger partial charge is 0.489 e. The van der Waals surface area contributed by atoms with Gasteiger partial charge >= 0.3 is 0 Å². The van der Waals surface area contributed by atoms with Crippen LogP contribution in [0.5, 0.6) is 5.75 Å². The molecule has 2 unspecified atom stereocenters.